The number of hydrogen-bond donors (Lipinski definition) is 2. The van der Waals surface area contributed by atoms with Crippen molar-refractivity contribution in [2.45, 2.75) is 24.3 Å². The van der Waals surface area contributed by atoms with Crippen molar-refractivity contribution < 1.29 is 35.1 Å². The summed E-state index contributed by atoms with van der Waals surface area (Å²) in [6, 6.07) is 0. The first kappa shape index (κ1) is 25.4. The van der Waals surface area contributed by atoms with Crippen molar-refractivity contribution in [2.24, 2.45) is 5.73 Å². The molecule has 3 rings (SSSR count). The minimum absolute atomic E-state index is 0. The van der Waals surface area contributed by atoms with E-state index in [-0.39, 0.29) is 35.7 Å². The van der Waals surface area contributed by atoms with E-state index in [4.69, 9.17) is 5.73 Å². The Balaban J connectivity index is 0.00000363. The van der Waals surface area contributed by atoms with E-state index in [1.807, 2.05) is 0 Å². The van der Waals surface area contributed by atoms with Gasteiger partial charge in [0.1, 0.15) is 5.54 Å². The Morgan fingerprint density at radius 1 is 0.844 bits per heavy atom. The van der Waals surface area contributed by atoms with Crippen LogP contribution in [0.5, 0.6) is 0 Å². The maximum Gasteiger partial charge on any atom is 0.451 e. The number of rotatable bonds is 4. The average molecular weight is 489 g/mol. The smallest absolute Gasteiger partial charge is 0.374 e. The van der Waals surface area contributed by atoms with Gasteiger partial charge in [-0.2, -0.15) is 26.3 Å². The number of nitrogens with zero attached hydrogens (tertiary/aromatic N) is 4. The SMILES string of the molecule is Cl.NCC1=CC(c2cnc(C(F)(F)F)nc2)(c2cnc(C(F)(F)F)nc2)NC=C1C(F)F. The highest BCUT2D eigenvalue weighted by Crippen LogP contribution is 2.38. The lowest BCUT2D eigenvalue weighted by Crippen LogP contribution is -2.43. The van der Waals surface area contributed by atoms with Gasteiger partial charge in [0.05, 0.1) is 0 Å². The quantitative estimate of drug-likeness (QED) is 0.639. The summed E-state index contributed by atoms with van der Waals surface area (Å²) >= 11 is 0. The molecule has 1 aliphatic heterocycles. The van der Waals surface area contributed by atoms with Crippen LogP contribution >= 0.6 is 12.4 Å². The Kier molecular flexibility index (Phi) is 7.09. The predicted octanol–water partition coefficient (Wildman–Crippen LogP) is 3.61. The summed E-state index contributed by atoms with van der Waals surface area (Å²) in [6.45, 7) is -0.386. The Hall–Kier alpha value is -2.87. The third-order valence-corrected chi connectivity index (χ3v) is 4.39. The zero-order chi connectivity index (χ0) is 23.0. The average Bonchev–Trinajstić information content (AvgIpc) is 2.72. The van der Waals surface area contributed by atoms with E-state index in [9.17, 15) is 35.1 Å². The monoisotopic (exact) mass is 488 g/mol. The first-order chi connectivity index (χ1) is 14.4. The molecule has 0 radical (unpaired) electrons. The number of nitrogens with one attached hydrogen (secondary N) is 1. The lowest BCUT2D eigenvalue weighted by Gasteiger charge is -2.36. The minimum Gasteiger partial charge on any atom is -0.374 e. The summed E-state index contributed by atoms with van der Waals surface area (Å²) < 4.78 is 103. The maximum absolute atomic E-state index is 13.3. The molecule has 32 heavy (non-hydrogen) atoms. The van der Waals surface area contributed by atoms with Gasteiger partial charge in [0.25, 0.3) is 6.43 Å². The fraction of sp³-hybridized carbons (Fsp3) is 0.294. The molecule has 174 valence electrons. The Labute approximate surface area is 181 Å². The molecular weight excluding hydrogens is 476 g/mol. The van der Waals surface area contributed by atoms with Gasteiger partial charge in [-0.25, -0.2) is 28.7 Å². The molecule has 0 unspecified atom stereocenters. The van der Waals surface area contributed by atoms with Crippen molar-refractivity contribution in [1.29, 1.82) is 0 Å². The molecule has 0 saturated carbocycles. The van der Waals surface area contributed by atoms with Crippen molar-refractivity contribution in [3.63, 3.8) is 0 Å². The predicted molar refractivity (Wildman–Crippen MR) is 96.5 cm³/mol. The van der Waals surface area contributed by atoms with E-state index >= 15 is 0 Å². The Morgan fingerprint density at radius 2 is 1.25 bits per heavy atom. The third-order valence-electron chi connectivity index (χ3n) is 4.39. The maximum atomic E-state index is 13.3. The van der Waals surface area contributed by atoms with Gasteiger partial charge in [0.2, 0.25) is 11.6 Å². The summed E-state index contributed by atoms with van der Waals surface area (Å²) in [5.41, 5.74) is 3.02. The van der Waals surface area contributed by atoms with Gasteiger partial charge in [-0.15, -0.1) is 12.4 Å². The van der Waals surface area contributed by atoms with E-state index < -0.39 is 41.5 Å². The first-order valence-electron chi connectivity index (χ1n) is 8.36. The highest BCUT2D eigenvalue weighted by Gasteiger charge is 2.41. The number of dihydropyridines is 1. The molecule has 2 aromatic heterocycles. The second-order valence-corrected chi connectivity index (χ2v) is 6.31. The van der Waals surface area contributed by atoms with E-state index in [0.717, 1.165) is 37.1 Å². The van der Waals surface area contributed by atoms with E-state index in [1.54, 1.807) is 0 Å². The summed E-state index contributed by atoms with van der Waals surface area (Å²) in [4.78, 5) is 12.9. The Morgan fingerprint density at radius 3 is 1.56 bits per heavy atom. The second kappa shape index (κ2) is 8.94. The van der Waals surface area contributed by atoms with Crippen LogP contribution in [0.3, 0.4) is 0 Å². The van der Waals surface area contributed by atoms with Crippen molar-refractivity contribution in [3.05, 3.63) is 71.0 Å². The Bertz CT molecular complexity index is 942. The van der Waals surface area contributed by atoms with Gasteiger partial charge in [-0.05, 0) is 11.6 Å². The molecule has 0 atom stereocenters. The molecule has 0 aliphatic carbocycles. The van der Waals surface area contributed by atoms with Gasteiger partial charge in [0.15, 0.2) is 0 Å². The fourth-order valence-electron chi connectivity index (χ4n) is 2.91. The van der Waals surface area contributed by atoms with Crippen LogP contribution in [0.1, 0.15) is 22.8 Å². The molecule has 0 amide bonds. The number of alkyl halides is 8. The van der Waals surface area contributed by atoms with Crippen molar-refractivity contribution >= 4 is 12.4 Å². The minimum atomic E-state index is -4.84. The standard InChI is InChI=1S/C17H12F8N6.ClH/c18-12(19)11-7-31-15(1-8(11)2-26,9-3-27-13(28-4-9)16(20,21)22)10-5-29-14(30-6-10)17(23,24)25;/h1,3-7,12,31H,2,26H2;1H. The molecule has 3 N–H and O–H groups in total. The van der Waals surface area contributed by atoms with Gasteiger partial charge >= 0.3 is 12.4 Å². The van der Waals surface area contributed by atoms with Crippen molar-refractivity contribution in [3.8, 4) is 0 Å². The number of hydrogen-bond acceptors (Lipinski definition) is 6. The van der Waals surface area contributed by atoms with Crippen LogP contribution in [0, 0.1) is 0 Å². The zero-order valence-corrected chi connectivity index (χ0v) is 16.4. The molecular formula is C17H13ClF8N6. The molecule has 1 aliphatic rings. The summed E-state index contributed by atoms with van der Waals surface area (Å²) in [7, 11) is 0. The van der Waals surface area contributed by atoms with Crippen LogP contribution in [0.25, 0.3) is 0 Å². The van der Waals surface area contributed by atoms with Crippen molar-refractivity contribution in [1.82, 2.24) is 25.3 Å². The molecule has 0 saturated heterocycles. The fourth-order valence-corrected chi connectivity index (χ4v) is 2.91. The number of halogens is 9. The zero-order valence-electron chi connectivity index (χ0n) is 15.5. The summed E-state index contributed by atoms with van der Waals surface area (Å²) in [5.74, 6) is -2.92. The van der Waals surface area contributed by atoms with Crippen LogP contribution in [-0.2, 0) is 17.9 Å². The first-order valence-corrected chi connectivity index (χ1v) is 8.36. The molecule has 0 fully saturated rings. The third kappa shape index (κ3) is 4.80. The van der Waals surface area contributed by atoms with E-state index in [1.165, 1.54) is 0 Å². The summed E-state index contributed by atoms with van der Waals surface area (Å²) in [5, 5.41) is 2.58. The number of aromatic nitrogens is 4. The molecule has 0 spiro atoms. The van der Waals surface area contributed by atoms with Crippen LogP contribution in [0.2, 0.25) is 0 Å². The van der Waals surface area contributed by atoms with Crippen LogP contribution in [-0.4, -0.2) is 32.9 Å². The molecule has 15 heteroatoms. The summed E-state index contributed by atoms with van der Waals surface area (Å²) in [6.07, 6.45) is -7.52. The largest absolute Gasteiger partial charge is 0.451 e. The number of nitrogens with two attached hydrogens (primary N) is 1. The van der Waals surface area contributed by atoms with Gasteiger partial charge < -0.3 is 11.1 Å². The highest BCUT2D eigenvalue weighted by molar-refractivity contribution is 5.85. The van der Waals surface area contributed by atoms with Gasteiger partial charge in [-0.1, -0.05) is 0 Å². The van der Waals surface area contributed by atoms with Crippen LogP contribution in [0.15, 0.2) is 48.2 Å². The topological polar surface area (TPSA) is 89.6 Å². The van der Waals surface area contributed by atoms with E-state index in [2.05, 4.69) is 25.3 Å². The van der Waals surface area contributed by atoms with Gasteiger partial charge in [-0.3, -0.25) is 0 Å². The lowest BCUT2D eigenvalue weighted by molar-refractivity contribution is -0.145. The molecule has 0 aromatic carbocycles. The second-order valence-electron chi connectivity index (χ2n) is 6.31. The van der Waals surface area contributed by atoms with Crippen LogP contribution < -0.4 is 11.1 Å². The van der Waals surface area contributed by atoms with Gasteiger partial charge in [0, 0.05) is 54.2 Å². The van der Waals surface area contributed by atoms with Crippen LogP contribution in [0.4, 0.5) is 35.1 Å². The molecule has 2 aromatic rings. The molecule has 6 nitrogen and oxygen atoms in total. The normalized spacial score (nSPS) is 16.1. The lowest BCUT2D eigenvalue weighted by atomic mass is 9.81. The molecule has 3 heterocycles. The van der Waals surface area contributed by atoms with Crippen molar-refractivity contribution in [2.75, 3.05) is 6.54 Å². The highest BCUT2D eigenvalue weighted by atomic mass is 35.5. The van der Waals surface area contributed by atoms with E-state index in [0.29, 0.717) is 0 Å². The molecule has 0 bridgehead atoms.